The molecule has 3 rings (SSSR count). The number of anilines is 2. The highest BCUT2D eigenvalue weighted by atomic mass is 35.5. The predicted molar refractivity (Wildman–Crippen MR) is 126 cm³/mol. The van der Waals surface area contributed by atoms with E-state index >= 15 is 0 Å². The Morgan fingerprint density at radius 2 is 1.49 bits per heavy atom. The molecule has 0 aliphatic heterocycles. The molecule has 0 unspecified atom stereocenters. The zero-order valence-electron chi connectivity index (χ0n) is 18.3. The molecule has 35 heavy (non-hydrogen) atoms. The number of hydrogen-bond donors (Lipinski definition) is 2. The van der Waals surface area contributed by atoms with Gasteiger partial charge in [-0.25, -0.2) is 22.4 Å². The van der Waals surface area contributed by atoms with Crippen LogP contribution in [-0.4, -0.2) is 40.5 Å². The van der Waals surface area contributed by atoms with Crippen molar-refractivity contribution in [2.75, 3.05) is 24.3 Å². The normalized spacial score (nSPS) is 10.9. The fraction of sp³-hybridized carbons (Fsp3) is 0.0870. The molecule has 182 valence electrons. The molecule has 0 radical (unpaired) electrons. The molecule has 12 heteroatoms. The third-order valence-electron chi connectivity index (χ3n) is 4.64. The van der Waals surface area contributed by atoms with Gasteiger partial charge in [-0.2, -0.15) is 0 Å². The van der Waals surface area contributed by atoms with Crippen LogP contribution in [-0.2, 0) is 19.5 Å². The minimum Gasteiger partial charge on any atom is -0.465 e. The van der Waals surface area contributed by atoms with Crippen LogP contribution >= 0.6 is 11.6 Å². The first-order valence-corrected chi connectivity index (χ1v) is 11.6. The number of hydrogen-bond acceptors (Lipinski definition) is 7. The van der Waals surface area contributed by atoms with E-state index in [-0.39, 0.29) is 33.1 Å². The maximum Gasteiger partial charge on any atom is 0.337 e. The van der Waals surface area contributed by atoms with Crippen molar-refractivity contribution < 1.29 is 36.7 Å². The average molecular weight is 521 g/mol. The first-order chi connectivity index (χ1) is 16.6. The zero-order chi connectivity index (χ0) is 25.8. The molecule has 0 saturated heterocycles. The van der Waals surface area contributed by atoms with Crippen molar-refractivity contribution in [1.29, 1.82) is 0 Å². The number of ether oxygens (including phenoxy) is 2. The Morgan fingerprint density at radius 1 is 0.886 bits per heavy atom. The van der Waals surface area contributed by atoms with Gasteiger partial charge in [0.15, 0.2) is 0 Å². The second kappa shape index (κ2) is 10.5. The van der Waals surface area contributed by atoms with E-state index in [1.165, 1.54) is 18.2 Å². The Balaban J connectivity index is 1.88. The highest BCUT2D eigenvalue weighted by Gasteiger charge is 2.21. The van der Waals surface area contributed by atoms with Crippen LogP contribution in [0.4, 0.5) is 15.8 Å². The second-order valence-electron chi connectivity index (χ2n) is 6.96. The average Bonchev–Trinajstić information content (AvgIpc) is 2.83. The van der Waals surface area contributed by atoms with Crippen LogP contribution in [0.1, 0.15) is 31.1 Å². The summed E-state index contributed by atoms with van der Waals surface area (Å²) in [4.78, 5) is 35.7. The lowest BCUT2D eigenvalue weighted by Crippen LogP contribution is -2.16. The number of methoxy groups -OCH3 is 2. The van der Waals surface area contributed by atoms with E-state index in [1.807, 2.05) is 0 Å². The van der Waals surface area contributed by atoms with Crippen LogP contribution in [0.3, 0.4) is 0 Å². The molecule has 2 N–H and O–H groups in total. The molecule has 9 nitrogen and oxygen atoms in total. The number of halogens is 2. The van der Waals surface area contributed by atoms with Gasteiger partial charge in [0.2, 0.25) is 0 Å². The molecule has 0 aromatic heterocycles. The molecule has 3 aromatic rings. The van der Waals surface area contributed by atoms with E-state index in [0.717, 1.165) is 38.5 Å². The predicted octanol–water partition coefficient (Wildman–Crippen LogP) is 4.11. The van der Waals surface area contributed by atoms with Crippen molar-refractivity contribution >= 4 is 50.8 Å². The summed E-state index contributed by atoms with van der Waals surface area (Å²) in [6, 6.07) is 12.5. The van der Waals surface area contributed by atoms with E-state index in [9.17, 15) is 27.2 Å². The molecule has 3 aromatic carbocycles. The molecular weight excluding hydrogens is 503 g/mol. The van der Waals surface area contributed by atoms with Crippen molar-refractivity contribution in [3.05, 3.63) is 88.2 Å². The van der Waals surface area contributed by atoms with Gasteiger partial charge >= 0.3 is 11.9 Å². The number of nitrogens with one attached hydrogen (secondary N) is 2. The first kappa shape index (κ1) is 25.7. The number of rotatable bonds is 7. The maximum atomic E-state index is 14.7. The fourth-order valence-electron chi connectivity index (χ4n) is 2.97. The summed E-state index contributed by atoms with van der Waals surface area (Å²) in [6.07, 6.45) is 0. The number of benzene rings is 3. The highest BCUT2D eigenvalue weighted by Crippen LogP contribution is 2.25. The summed E-state index contributed by atoms with van der Waals surface area (Å²) in [5, 5.41) is 2.49. The van der Waals surface area contributed by atoms with Crippen LogP contribution in [0.25, 0.3) is 0 Å². The Bertz CT molecular complexity index is 1390. The second-order valence-corrected chi connectivity index (χ2v) is 9.05. The number of sulfonamides is 1. The smallest absolute Gasteiger partial charge is 0.337 e. The van der Waals surface area contributed by atoms with Gasteiger partial charge in [-0.1, -0.05) is 23.7 Å². The van der Waals surface area contributed by atoms with Crippen LogP contribution in [0.5, 0.6) is 0 Å². The van der Waals surface area contributed by atoms with Gasteiger partial charge in [0.25, 0.3) is 15.9 Å². The Hall–Kier alpha value is -3.96. The van der Waals surface area contributed by atoms with Gasteiger partial charge < -0.3 is 14.8 Å². The van der Waals surface area contributed by atoms with Crippen LogP contribution in [0, 0.1) is 5.82 Å². The van der Waals surface area contributed by atoms with Crippen molar-refractivity contribution in [3.8, 4) is 0 Å². The van der Waals surface area contributed by atoms with E-state index in [1.54, 1.807) is 12.1 Å². The summed E-state index contributed by atoms with van der Waals surface area (Å²) in [5.74, 6) is -3.34. The quantitative estimate of drug-likeness (QED) is 0.449. The summed E-state index contributed by atoms with van der Waals surface area (Å²) >= 11 is 5.97. The van der Waals surface area contributed by atoms with Crippen molar-refractivity contribution in [3.63, 3.8) is 0 Å². The summed E-state index contributed by atoms with van der Waals surface area (Å²) in [5.41, 5.74) is -0.549. The highest BCUT2D eigenvalue weighted by molar-refractivity contribution is 7.92. The van der Waals surface area contributed by atoms with Crippen LogP contribution < -0.4 is 10.0 Å². The molecule has 0 saturated carbocycles. The molecule has 1 amide bonds. The monoisotopic (exact) mass is 520 g/mol. The number of amides is 1. The van der Waals surface area contributed by atoms with E-state index < -0.39 is 38.6 Å². The van der Waals surface area contributed by atoms with Gasteiger partial charge in [-0.3, -0.25) is 9.52 Å². The van der Waals surface area contributed by atoms with E-state index in [4.69, 9.17) is 11.6 Å². The SMILES string of the molecule is COC(=O)c1cc(NS(=O)(=O)c2ccc(NC(=O)c3ccccc3Cl)c(F)c2)cc(C(=O)OC)c1. The molecule has 0 spiro atoms. The number of carbonyl (C=O) groups is 3. The lowest BCUT2D eigenvalue weighted by atomic mass is 10.1. The Labute approximate surface area is 204 Å². The van der Waals surface area contributed by atoms with Gasteiger partial charge in [0.1, 0.15) is 5.82 Å². The molecule has 0 fully saturated rings. The lowest BCUT2D eigenvalue weighted by Gasteiger charge is -2.12. The minimum atomic E-state index is -4.37. The molecule has 0 aliphatic rings. The van der Waals surface area contributed by atoms with Gasteiger partial charge in [0, 0.05) is 0 Å². The van der Waals surface area contributed by atoms with Crippen molar-refractivity contribution in [2.45, 2.75) is 4.90 Å². The first-order valence-electron chi connectivity index (χ1n) is 9.75. The fourth-order valence-corrected chi connectivity index (χ4v) is 4.24. The molecular formula is C23H18ClFN2O7S. The zero-order valence-corrected chi connectivity index (χ0v) is 19.9. The third kappa shape index (κ3) is 5.94. The van der Waals surface area contributed by atoms with Gasteiger partial charge in [-0.05, 0) is 48.5 Å². The number of esters is 2. The summed E-state index contributed by atoms with van der Waals surface area (Å²) < 4.78 is 51.8. The molecule has 0 heterocycles. The standard InChI is InChI=1S/C23H18ClFN2O7S/c1-33-22(29)13-9-14(23(30)34-2)11-15(10-13)27-35(31,32)16-7-8-20(19(25)12-16)26-21(28)17-5-3-4-6-18(17)24/h3-12,27H,1-2H3,(H,26,28). The summed E-state index contributed by atoms with van der Waals surface area (Å²) in [7, 11) is -2.13. The largest absolute Gasteiger partial charge is 0.465 e. The Kier molecular flexibility index (Phi) is 7.72. The van der Waals surface area contributed by atoms with E-state index in [0.29, 0.717) is 6.07 Å². The molecule has 0 atom stereocenters. The maximum absolute atomic E-state index is 14.7. The third-order valence-corrected chi connectivity index (χ3v) is 6.35. The van der Waals surface area contributed by atoms with Gasteiger partial charge in [-0.15, -0.1) is 0 Å². The minimum absolute atomic E-state index is 0.110. The van der Waals surface area contributed by atoms with E-state index in [2.05, 4.69) is 19.5 Å². The molecule has 0 aliphatic carbocycles. The number of carbonyl (C=O) groups excluding carboxylic acids is 3. The van der Waals surface area contributed by atoms with Crippen molar-refractivity contribution in [1.82, 2.24) is 0 Å². The summed E-state index contributed by atoms with van der Waals surface area (Å²) in [6.45, 7) is 0. The van der Waals surface area contributed by atoms with Crippen molar-refractivity contribution in [2.24, 2.45) is 0 Å². The topological polar surface area (TPSA) is 128 Å². The molecule has 0 bridgehead atoms. The van der Waals surface area contributed by atoms with Gasteiger partial charge in [0.05, 0.1) is 52.2 Å². The Morgan fingerprint density at radius 3 is 2.03 bits per heavy atom. The van der Waals surface area contributed by atoms with Crippen LogP contribution in [0.2, 0.25) is 5.02 Å². The lowest BCUT2D eigenvalue weighted by molar-refractivity contribution is 0.0599. The van der Waals surface area contributed by atoms with Crippen LogP contribution in [0.15, 0.2) is 65.6 Å².